The fourth-order valence-corrected chi connectivity index (χ4v) is 1.65. The number of hydrogen-bond acceptors (Lipinski definition) is 4. The summed E-state index contributed by atoms with van der Waals surface area (Å²) in [5.41, 5.74) is -1.67. The van der Waals surface area contributed by atoms with E-state index in [-0.39, 0.29) is 6.61 Å². The van der Waals surface area contributed by atoms with Crippen molar-refractivity contribution in [1.29, 1.82) is 0 Å². The first-order valence-corrected chi connectivity index (χ1v) is 6.59. The number of rotatable bonds is 5. The van der Waals surface area contributed by atoms with Crippen LogP contribution in [0.3, 0.4) is 0 Å². The Morgan fingerprint density at radius 1 is 1.32 bits per heavy atom. The molecule has 120 valence electrons. The number of esters is 1. The van der Waals surface area contributed by atoms with E-state index in [2.05, 4.69) is 4.99 Å². The number of aliphatic hydroxyl groups excluding tert-OH is 1. The molecule has 1 aromatic carbocycles. The molecule has 0 radical (unpaired) electrons. The molecule has 0 saturated carbocycles. The van der Waals surface area contributed by atoms with Gasteiger partial charge in [0.1, 0.15) is 17.1 Å². The van der Waals surface area contributed by atoms with E-state index >= 15 is 0 Å². The van der Waals surface area contributed by atoms with Crippen LogP contribution in [0, 0.1) is 24.4 Å². The van der Waals surface area contributed by atoms with Crippen molar-refractivity contribution in [3.05, 3.63) is 40.2 Å². The lowest BCUT2D eigenvalue weighted by Crippen LogP contribution is -2.12. The lowest BCUT2D eigenvalue weighted by molar-refractivity contribution is -0.137. The fraction of sp³-hybridized carbons (Fsp3) is 0.333. The minimum absolute atomic E-state index is 0.0227. The zero-order chi connectivity index (χ0) is 16.9. The summed E-state index contributed by atoms with van der Waals surface area (Å²) in [7, 11) is 0. The molecule has 0 aromatic heterocycles. The van der Waals surface area contributed by atoms with Gasteiger partial charge in [-0.25, -0.2) is 18.0 Å². The lowest BCUT2D eigenvalue weighted by Gasteiger charge is -2.10. The predicted octanol–water partition coefficient (Wildman–Crippen LogP) is 3.34. The van der Waals surface area contributed by atoms with Crippen LogP contribution in [0.1, 0.15) is 25.0 Å². The summed E-state index contributed by atoms with van der Waals surface area (Å²) in [5, 5.41) is 10.1. The van der Waals surface area contributed by atoms with Crippen LogP contribution in [0.2, 0.25) is 0 Å². The lowest BCUT2D eigenvalue weighted by atomic mass is 10.0. The number of halogens is 3. The molecule has 0 aliphatic rings. The van der Waals surface area contributed by atoms with Crippen molar-refractivity contribution in [2.75, 3.05) is 13.2 Å². The number of carbonyl (C=O) groups excluding carboxylic acids is 1. The second-order valence-electron chi connectivity index (χ2n) is 4.27. The number of ether oxygens (including phenoxy) is 1. The quantitative estimate of drug-likeness (QED) is 0.298. The molecular formula is C15H16F3NO3. The molecule has 0 unspecified atom stereocenters. The largest absolute Gasteiger partial charge is 0.506 e. The van der Waals surface area contributed by atoms with Crippen LogP contribution in [-0.4, -0.2) is 30.4 Å². The molecule has 0 fully saturated rings. The number of aliphatic imine (C=N–C) groups is 1. The van der Waals surface area contributed by atoms with Gasteiger partial charge < -0.3 is 9.84 Å². The maximum Gasteiger partial charge on any atom is 0.343 e. The number of nitrogens with zero attached hydrogens (tertiary/aromatic N) is 1. The first kappa shape index (κ1) is 17.7. The van der Waals surface area contributed by atoms with E-state index in [9.17, 15) is 23.1 Å². The molecule has 1 rings (SSSR count). The Morgan fingerprint density at radius 3 is 2.50 bits per heavy atom. The van der Waals surface area contributed by atoms with Crippen molar-refractivity contribution in [3.8, 4) is 0 Å². The summed E-state index contributed by atoms with van der Waals surface area (Å²) in [6.45, 7) is 4.57. The molecule has 0 amide bonds. The van der Waals surface area contributed by atoms with Crippen LogP contribution in [0.5, 0.6) is 0 Å². The summed E-state index contributed by atoms with van der Waals surface area (Å²) in [6.07, 6.45) is 1.00. The highest BCUT2D eigenvalue weighted by molar-refractivity contribution is 6.15. The zero-order valence-corrected chi connectivity index (χ0v) is 12.4. The standard InChI is InChI=1S/C15H16F3NO3/c1-4-19-7-10(15(21)22-5-2)14(20)9-6-11(16)13(18)8(3)12(9)17/h6-7,20H,4-5H2,1-3H3/b14-10-,19-7?. The fourth-order valence-electron chi connectivity index (χ4n) is 1.65. The van der Waals surface area contributed by atoms with Gasteiger partial charge in [-0.1, -0.05) is 0 Å². The molecule has 4 nitrogen and oxygen atoms in total. The third kappa shape index (κ3) is 3.66. The Morgan fingerprint density at radius 2 is 1.95 bits per heavy atom. The molecule has 0 atom stereocenters. The highest BCUT2D eigenvalue weighted by Gasteiger charge is 2.23. The van der Waals surface area contributed by atoms with E-state index < -0.39 is 45.9 Å². The van der Waals surface area contributed by atoms with Gasteiger partial charge in [-0.2, -0.15) is 0 Å². The Bertz CT molecular complexity index is 639. The summed E-state index contributed by atoms with van der Waals surface area (Å²) >= 11 is 0. The van der Waals surface area contributed by atoms with Gasteiger partial charge >= 0.3 is 5.97 Å². The van der Waals surface area contributed by atoms with Crippen LogP contribution >= 0.6 is 0 Å². The van der Waals surface area contributed by atoms with E-state index in [1.807, 2.05) is 0 Å². The van der Waals surface area contributed by atoms with Crippen molar-refractivity contribution in [2.45, 2.75) is 20.8 Å². The number of benzene rings is 1. The van der Waals surface area contributed by atoms with E-state index in [1.165, 1.54) is 0 Å². The van der Waals surface area contributed by atoms with Crippen molar-refractivity contribution in [3.63, 3.8) is 0 Å². The topological polar surface area (TPSA) is 58.9 Å². The highest BCUT2D eigenvalue weighted by atomic mass is 19.2. The summed E-state index contributed by atoms with van der Waals surface area (Å²) < 4.78 is 45.5. The van der Waals surface area contributed by atoms with E-state index in [1.54, 1.807) is 13.8 Å². The first-order valence-electron chi connectivity index (χ1n) is 6.59. The second-order valence-corrected chi connectivity index (χ2v) is 4.27. The smallest absolute Gasteiger partial charge is 0.343 e. The molecule has 7 heteroatoms. The Hall–Kier alpha value is -2.31. The molecule has 0 aliphatic heterocycles. The average molecular weight is 315 g/mol. The van der Waals surface area contributed by atoms with Gasteiger partial charge in [-0.3, -0.25) is 4.99 Å². The van der Waals surface area contributed by atoms with E-state index in [4.69, 9.17) is 4.74 Å². The van der Waals surface area contributed by atoms with E-state index in [0.717, 1.165) is 13.1 Å². The number of hydrogen-bond donors (Lipinski definition) is 1. The predicted molar refractivity (Wildman–Crippen MR) is 76.3 cm³/mol. The Labute approximate surface area is 125 Å². The number of carbonyl (C=O) groups is 1. The monoisotopic (exact) mass is 315 g/mol. The van der Waals surface area contributed by atoms with Gasteiger partial charge in [0.25, 0.3) is 0 Å². The minimum atomic E-state index is -1.35. The maximum absolute atomic E-state index is 14.0. The molecule has 0 aliphatic carbocycles. The Balaban J connectivity index is 3.53. The molecule has 1 aromatic rings. The van der Waals surface area contributed by atoms with Crippen LogP contribution in [0.4, 0.5) is 13.2 Å². The molecule has 0 spiro atoms. The van der Waals surface area contributed by atoms with Gasteiger partial charge in [-0.05, 0) is 26.8 Å². The Kier molecular flexibility index (Phi) is 6.15. The van der Waals surface area contributed by atoms with Gasteiger partial charge in [0.15, 0.2) is 11.6 Å². The summed E-state index contributed by atoms with van der Waals surface area (Å²) in [4.78, 5) is 15.6. The molecule has 22 heavy (non-hydrogen) atoms. The SMILES string of the molecule is CCN=C/C(C(=O)OCC)=C(/O)c1cc(F)c(F)c(C)c1F. The first-order chi connectivity index (χ1) is 10.3. The number of aliphatic hydroxyl groups is 1. The van der Waals surface area contributed by atoms with Gasteiger partial charge in [-0.15, -0.1) is 0 Å². The minimum Gasteiger partial charge on any atom is -0.506 e. The zero-order valence-electron chi connectivity index (χ0n) is 12.4. The average Bonchev–Trinajstić information content (AvgIpc) is 2.49. The second kappa shape index (κ2) is 7.63. The maximum atomic E-state index is 14.0. The van der Waals surface area contributed by atoms with E-state index in [0.29, 0.717) is 12.6 Å². The van der Waals surface area contributed by atoms with Crippen LogP contribution in [0.15, 0.2) is 16.6 Å². The molecule has 0 bridgehead atoms. The highest BCUT2D eigenvalue weighted by Crippen LogP contribution is 2.25. The van der Waals surface area contributed by atoms with Gasteiger partial charge in [0, 0.05) is 18.3 Å². The van der Waals surface area contributed by atoms with Gasteiger partial charge in [0.2, 0.25) is 0 Å². The van der Waals surface area contributed by atoms with Gasteiger partial charge in [0.05, 0.1) is 12.2 Å². The molecule has 0 heterocycles. The third-order valence-corrected chi connectivity index (χ3v) is 2.78. The summed E-state index contributed by atoms with van der Waals surface area (Å²) in [6, 6.07) is 0.478. The molecule has 0 saturated heterocycles. The molecule has 1 N–H and O–H groups in total. The van der Waals surface area contributed by atoms with Crippen LogP contribution < -0.4 is 0 Å². The van der Waals surface area contributed by atoms with Crippen molar-refractivity contribution in [1.82, 2.24) is 0 Å². The normalized spacial score (nSPS) is 12.5. The van der Waals surface area contributed by atoms with Crippen LogP contribution in [0.25, 0.3) is 5.76 Å². The van der Waals surface area contributed by atoms with Crippen molar-refractivity contribution in [2.24, 2.45) is 4.99 Å². The van der Waals surface area contributed by atoms with Crippen molar-refractivity contribution < 1.29 is 27.8 Å². The third-order valence-electron chi connectivity index (χ3n) is 2.78. The summed E-state index contributed by atoms with van der Waals surface area (Å²) in [5.74, 6) is -5.66. The van der Waals surface area contributed by atoms with Crippen LogP contribution in [-0.2, 0) is 9.53 Å². The molecular weight excluding hydrogens is 299 g/mol. The van der Waals surface area contributed by atoms with Crippen molar-refractivity contribution >= 4 is 17.9 Å².